The first kappa shape index (κ1) is 14.2. The van der Waals surface area contributed by atoms with Gasteiger partial charge in [-0.25, -0.2) is 0 Å². The minimum Gasteiger partial charge on any atom is -0.312 e. The van der Waals surface area contributed by atoms with Gasteiger partial charge in [0.1, 0.15) is 10.7 Å². The third kappa shape index (κ3) is 3.13. The summed E-state index contributed by atoms with van der Waals surface area (Å²) in [6.45, 7) is 1.85. The number of hydrogen-bond donors (Lipinski definition) is 1. The van der Waals surface area contributed by atoms with Crippen molar-refractivity contribution in [2.24, 2.45) is 0 Å². The summed E-state index contributed by atoms with van der Waals surface area (Å²) < 4.78 is 2.97. The van der Waals surface area contributed by atoms with Gasteiger partial charge in [-0.1, -0.05) is 17.4 Å². The molecule has 0 unspecified atom stereocenters. The number of hydrogen-bond acceptors (Lipinski definition) is 4. The van der Waals surface area contributed by atoms with Crippen LogP contribution in [0.4, 0.5) is 5.13 Å². The van der Waals surface area contributed by atoms with Gasteiger partial charge < -0.3 is 4.57 Å². The Morgan fingerprint density at radius 2 is 2.14 bits per heavy atom. The molecule has 5 nitrogen and oxygen atoms in total. The number of carbonyl (C=O) groups excluding carboxylic acids is 1. The maximum absolute atomic E-state index is 12.4. The molecule has 0 aliphatic carbocycles. The van der Waals surface area contributed by atoms with E-state index in [0.717, 1.165) is 14.3 Å². The molecule has 2 heterocycles. The number of benzene rings is 1. The molecule has 0 saturated heterocycles. The van der Waals surface area contributed by atoms with Crippen molar-refractivity contribution in [3.8, 4) is 5.69 Å². The highest BCUT2D eigenvalue weighted by atomic mass is 127. The normalized spacial score (nSPS) is 10.6. The standard InChI is InChI=1S/C14H11IN4OS/c1-9-17-18-14(21-9)16-13(20)12-6-3-7-19(12)11-5-2-4-10(15)8-11/h2-8H,1H3,(H,16,18,20). The van der Waals surface area contributed by atoms with Crippen LogP contribution in [0.25, 0.3) is 5.69 Å². The minimum atomic E-state index is -0.199. The van der Waals surface area contributed by atoms with Crippen LogP contribution in [0.2, 0.25) is 0 Å². The van der Waals surface area contributed by atoms with Crippen molar-refractivity contribution in [1.29, 1.82) is 0 Å². The Balaban J connectivity index is 1.90. The number of anilines is 1. The first-order valence-electron chi connectivity index (χ1n) is 6.18. The van der Waals surface area contributed by atoms with Crippen molar-refractivity contribution in [1.82, 2.24) is 14.8 Å². The molecule has 0 aliphatic rings. The summed E-state index contributed by atoms with van der Waals surface area (Å²) in [7, 11) is 0. The van der Waals surface area contributed by atoms with Gasteiger partial charge in [-0.05, 0) is 59.8 Å². The molecule has 1 aromatic carbocycles. The van der Waals surface area contributed by atoms with Crippen LogP contribution in [0, 0.1) is 10.5 Å². The van der Waals surface area contributed by atoms with E-state index in [0.29, 0.717) is 10.8 Å². The zero-order valence-electron chi connectivity index (χ0n) is 11.1. The molecule has 3 rings (SSSR count). The van der Waals surface area contributed by atoms with E-state index in [1.165, 1.54) is 11.3 Å². The van der Waals surface area contributed by atoms with Gasteiger partial charge in [0.15, 0.2) is 0 Å². The summed E-state index contributed by atoms with van der Waals surface area (Å²) >= 11 is 3.60. The van der Waals surface area contributed by atoms with Crippen LogP contribution in [0.1, 0.15) is 15.5 Å². The Morgan fingerprint density at radius 1 is 1.29 bits per heavy atom. The van der Waals surface area contributed by atoms with Crippen molar-refractivity contribution in [2.75, 3.05) is 5.32 Å². The third-order valence-electron chi connectivity index (χ3n) is 2.81. The molecule has 0 atom stereocenters. The van der Waals surface area contributed by atoms with E-state index < -0.39 is 0 Å². The number of nitrogens with zero attached hydrogens (tertiary/aromatic N) is 3. The predicted molar refractivity (Wildman–Crippen MR) is 91.1 cm³/mol. The maximum atomic E-state index is 12.4. The van der Waals surface area contributed by atoms with Crippen LogP contribution >= 0.6 is 33.9 Å². The summed E-state index contributed by atoms with van der Waals surface area (Å²) in [5.41, 5.74) is 1.51. The van der Waals surface area contributed by atoms with Crippen molar-refractivity contribution in [3.05, 3.63) is 56.9 Å². The number of aryl methyl sites for hydroxylation is 1. The minimum absolute atomic E-state index is 0.199. The van der Waals surface area contributed by atoms with Crippen LogP contribution in [0.3, 0.4) is 0 Å². The second kappa shape index (κ2) is 5.94. The number of nitrogens with one attached hydrogen (secondary N) is 1. The van der Waals surface area contributed by atoms with Gasteiger partial charge in [0.05, 0.1) is 0 Å². The Bertz CT molecular complexity index is 796. The lowest BCUT2D eigenvalue weighted by atomic mass is 10.3. The highest BCUT2D eigenvalue weighted by molar-refractivity contribution is 14.1. The summed E-state index contributed by atoms with van der Waals surface area (Å²) in [6.07, 6.45) is 1.87. The molecular weight excluding hydrogens is 399 g/mol. The fourth-order valence-corrected chi connectivity index (χ4v) is 3.04. The molecule has 0 fully saturated rings. The van der Waals surface area contributed by atoms with E-state index >= 15 is 0 Å². The van der Waals surface area contributed by atoms with Crippen molar-refractivity contribution >= 4 is 45.0 Å². The highest BCUT2D eigenvalue weighted by Gasteiger charge is 2.14. The molecule has 1 N–H and O–H groups in total. The lowest BCUT2D eigenvalue weighted by Crippen LogP contribution is -2.16. The monoisotopic (exact) mass is 410 g/mol. The largest absolute Gasteiger partial charge is 0.312 e. The molecule has 2 aromatic heterocycles. The number of rotatable bonds is 3. The lowest BCUT2D eigenvalue weighted by molar-refractivity contribution is 0.102. The molecule has 0 bridgehead atoms. The van der Waals surface area contributed by atoms with Crippen molar-refractivity contribution in [2.45, 2.75) is 6.92 Å². The van der Waals surface area contributed by atoms with Gasteiger partial charge in [-0.3, -0.25) is 10.1 Å². The predicted octanol–water partition coefficient (Wildman–Crippen LogP) is 3.49. The van der Waals surface area contributed by atoms with Gasteiger partial charge in [-0.15, -0.1) is 10.2 Å². The van der Waals surface area contributed by atoms with E-state index in [1.54, 1.807) is 6.07 Å². The Hall–Kier alpha value is -1.74. The van der Waals surface area contributed by atoms with E-state index in [9.17, 15) is 4.79 Å². The molecule has 0 spiro atoms. The van der Waals surface area contributed by atoms with E-state index in [1.807, 2.05) is 48.0 Å². The third-order valence-corrected chi connectivity index (χ3v) is 4.24. The summed E-state index contributed by atoms with van der Waals surface area (Å²) in [4.78, 5) is 12.4. The second-order valence-electron chi connectivity index (χ2n) is 4.32. The zero-order chi connectivity index (χ0) is 14.8. The molecule has 1 amide bonds. The number of aromatic nitrogens is 3. The van der Waals surface area contributed by atoms with Gasteiger partial charge >= 0.3 is 0 Å². The average Bonchev–Trinajstić information content (AvgIpc) is 3.07. The summed E-state index contributed by atoms with van der Waals surface area (Å²) in [5, 5.41) is 11.9. The Morgan fingerprint density at radius 3 is 2.86 bits per heavy atom. The Kier molecular flexibility index (Phi) is 4.02. The van der Waals surface area contributed by atoms with Crippen LogP contribution in [0.5, 0.6) is 0 Å². The molecule has 0 radical (unpaired) electrons. The van der Waals surface area contributed by atoms with Crippen LogP contribution in [-0.4, -0.2) is 20.7 Å². The smallest absolute Gasteiger partial charge is 0.274 e. The lowest BCUT2D eigenvalue weighted by Gasteiger charge is -2.09. The molecule has 7 heteroatoms. The summed E-state index contributed by atoms with van der Waals surface area (Å²) in [5.74, 6) is -0.199. The molecule has 3 aromatic rings. The molecule has 106 valence electrons. The average molecular weight is 410 g/mol. The van der Waals surface area contributed by atoms with Crippen molar-refractivity contribution < 1.29 is 4.79 Å². The SMILES string of the molecule is Cc1nnc(NC(=O)c2cccn2-c2cccc(I)c2)s1. The molecule has 0 aliphatic heterocycles. The molecule has 21 heavy (non-hydrogen) atoms. The van der Waals surface area contributed by atoms with E-state index in [-0.39, 0.29) is 5.91 Å². The van der Waals surface area contributed by atoms with Gasteiger partial charge in [-0.2, -0.15) is 0 Å². The molecule has 0 saturated carbocycles. The van der Waals surface area contributed by atoms with Gasteiger partial charge in [0.25, 0.3) is 5.91 Å². The molecular formula is C14H11IN4OS. The van der Waals surface area contributed by atoms with E-state index in [4.69, 9.17) is 0 Å². The first-order chi connectivity index (χ1) is 10.1. The van der Waals surface area contributed by atoms with Crippen LogP contribution in [0.15, 0.2) is 42.6 Å². The quantitative estimate of drug-likeness (QED) is 0.673. The maximum Gasteiger partial charge on any atom is 0.274 e. The second-order valence-corrected chi connectivity index (χ2v) is 6.75. The summed E-state index contributed by atoms with van der Waals surface area (Å²) in [6, 6.07) is 11.6. The fraction of sp³-hybridized carbons (Fsp3) is 0.0714. The first-order valence-corrected chi connectivity index (χ1v) is 8.08. The topological polar surface area (TPSA) is 59.8 Å². The number of amides is 1. The van der Waals surface area contributed by atoms with Gasteiger partial charge in [0.2, 0.25) is 5.13 Å². The van der Waals surface area contributed by atoms with Gasteiger partial charge in [0, 0.05) is 15.5 Å². The number of carbonyl (C=O) groups is 1. The van der Waals surface area contributed by atoms with Crippen molar-refractivity contribution in [3.63, 3.8) is 0 Å². The number of halogens is 1. The Labute approximate surface area is 139 Å². The fourth-order valence-electron chi connectivity index (χ4n) is 1.93. The highest BCUT2D eigenvalue weighted by Crippen LogP contribution is 2.18. The van der Waals surface area contributed by atoms with Crippen LogP contribution in [-0.2, 0) is 0 Å². The van der Waals surface area contributed by atoms with Crippen LogP contribution < -0.4 is 5.32 Å². The zero-order valence-corrected chi connectivity index (χ0v) is 14.1. The van der Waals surface area contributed by atoms with E-state index in [2.05, 4.69) is 38.1 Å².